The third-order valence-electron chi connectivity index (χ3n) is 3.67. The van der Waals surface area contributed by atoms with E-state index < -0.39 is 17.9 Å². The van der Waals surface area contributed by atoms with Gasteiger partial charge in [-0.25, -0.2) is 0 Å². The number of rotatable bonds is 2. The Labute approximate surface area is 120 Å². The van der Waals surface area contributed by atoms with Gasteiger partial charge in [0.25, 0.3) is 5.91 Å². The first-order valence-electron chi connectivity index (χ1n) is 6.21. The molecule has 0 saturated heterocycles. The maximum atomic E-state index is 12.4. The monoisotopic (exact) mass is 286 g/mol. The van der Waals surface area contributed by atoms with Crippen molar-refractivity contribution in [3.63, 3.8) is 0 Å². The van der Waals surface area contributed by atoms with E-state index in [1.165, 1.54) is 16.2 Å². The average molecular weight is 286 g/mol. The molecule has 20 heavy (non-hydrogen) atoms. The molecule has 4 nitrogen and oxygen atoms in total. The summed E-state index contributed by atoms with van der Waals surface area (Å²) in [6.45, 7) is 0. The highest BCUT2D eigenvalue weighted by molar-refractivity contribution is 7.10. The molecule has 2 aromatic rings. The Morgan fingerprint density at radius 1 is 1.25 bits per heavy atom. The van der Waals surface area contributed by atoms with Gasteiger partial charge < -0.3 is 14.8 Å². The fraction of sp³-hybridized carbons (Fsp3) is 0.200. The van der Waals surface area contributed by atoms with Gasteiger partial charge in [-0.3, -0.25) is 4.79 Å². The van der Waals surface area contributed by atoms with E-state index in [2.05, 4.69) is 0 Å². The Bertz CT molecular complexity index is 666. The van der Waals surface area contributed by atoms with Gasteiger partial charge in [-0.1, -0.05) is 24.3 Å². The number of amides is 1. The molecule has 0 bridgehead atoms. The summed E-state index contributed by atoms with van der Waals surface area (Å²) in [7, 11) is 1.64. The van der Waals surface area contributed by atoms with E-state index in [0.29, 0.717) is 11.1 Å². The normalized spacial score (nSPS) is 21.6. The zero-order valence-corrected chi connectivity index (χ0v) is 11.6. The smallest absolute Gasteiger partial charge is 0.254 e. The van der Waals surface area contributed by atoms with Gasteiger partial charge in [0.15, 0.2) is 0 Å². The fourth-order valence-electron chi connectivity index (χ4n) is 2.74. The first-order valence-corrected chi connectivity index (χ1v) is 7.09. The van der Waals surface area contributed by atoms with Crippen LogP contribution in [0.4, 0.5) is 0 Å². The summed E-state index contributed by atoms with van der Waals surface area (Å²) in [5, 5.41) is 13.5. The predicted molar refractivity (Wildman–Crippen MR) is 73.3 cm³/mol. The van der Waals surface area contributed by atoms with Gasteiger partial charge in [-0.15, -0.1) is 11.3 Å². The van der Waals surface area contributed by atoms with Crippen LogP contribution < -0.4 is 5.11 Å². The number of likely N-dealkylation sites (N-methyl/N-ethyl adjacent to an activating group) is 1. The lowest BCUT2D eigenvalue weighted by Gasteiger charge is -2.40. The lowest BCUT2D eigenvalue weighted by molar-refractivity contribution is -0.309. The molecule has 102 valence electrons. The molecule has 0 aliphatic carbocycles. The molecular weight excluding hydrogens is 274 g/mol. The minimum absolute atomic E-state index is 0.156. The summed E-state index contributed by atoms with van der Waals surface area (Å²) in [4.78, 5) is 26.4. The molecule has 0 spiro atoms. The molecular formula is C15H12NO3S-. The van der Waals surface area contributed by atoms with Crippen molar-refractivity contribution in [3.8, 4) is 0 Å². The SMILES string of the molecule is CN1C(=O)c2ccccc2C(C(=O)[O-])C1c1cccs1. The zero-order valence-electron chi connectivity index (χ0n) is 10.8. The van der Waals surface area contributed by atoms with Crippen molar-refractivity contribution in [2.24, 2.45) is 0 Å². The number of carboxylic acids is 1. The van der Waals surface area contributed by atoms with Crippen LogP contribution in [-0.2, 0) is 4.79 Å². The van der Waals surface area contributed by atoms with Crippen molar-refractivity contribution in [1.29, 1.82) is 0 Å². The van der Waals surface area contributed by atoms with E-state index in [-0.39, 0.29) is 5.91 Å². The summed E-state index contributed by atoms with van der Waals surface area (Å²) in [6.07, 6.45) is 0. The summed E-state index contributed by atoms with van der Waals surface area (Å²) in [5.74, 6) is -2.15. The van der Waals surface area contributed by atoms with Crippen LogP contribution in [0.3, 0.4) is 0 Å². The number of aliphatic carboxylic acids is 1. The van der Waals surface area contributed by atoms with Gasteiger partial charge in [0.05, 0.1) is 12.0 Å². The number of benzene rings is 1. The molecule has 0 saturated carbocycles. The number of hydrogen-bond donors (Lipinski definition) is 0. The standard InChI is InChI=1S/C15H13NO3S/c1-16-13(11-7-4-8-20-11)12(15(18)19)9-5-2-3-6-10(9)14(16)17/h2-8,12-13H,1H3,(H,18,19)/p-1. The molecule has 1 amide bonds. The first-order chi connectivity index (χ1) is 9.61. The Balaban J connectivity index is 2.21. The van der Waals surface area contributed by atoms with Gasteiger partial charge in [0, 0.05) is 23.4 Å². The highest BCUT2D eigenvalue weighted by Crippen LogP contribution is 2.42. The van der Waals surface area contributed by atoms with Crippen molar-refractivity contribution in [2.45, 2.75) is 12.0 Å². The summed E-state index contributed by atoms with van der Waals surface area (Å²) >= 11 is 1.45. The second kappa shape index (κ2) is 4.76. The highest BCUT2D eigenvalue weighted by atomic mass is 32.1. The Hall–Kier alpha value is -2.14. The second-order valence-corrected chi connectivity index (χ2v) is 5.74. The Morgan fingerprint density at radius 3 is 2.65 bits per heavy atom. The molecule has 2 heterocycles. The van der Waals surface area contributed by atoms with Crippen molar-refractivity contribution >= 4 is 23.2 Å². The summed E-state index contributed by atoms with van der Waals surface area (Å²) < 4.78 is 0. The Morgan fingerprint density at radius 2 is 2.00 bits per heavy atom. The van der Waals surface area contributed by atoms with Crippen LogP contribution in [0.25, 0.3) is 0 Å². The van der Waals surface area contributed by atoms with Gasteiger partial charge >= 0.3 is 0 Å². The number of fused-ring (bicyclic) bond motifs is 1. The second-order valence-electron chi connectivity index (χ2n) is 4.76. The van der Waals surface area contributed by atoms with Crippen LogP contribution in [-0.4, -0.2) is 23.8 Å². The van der Waals surface area contributed by atoms with Gasteiger partial charge in [0.2, 0.25) is 0 Å². The summed E-state index contributed by atoms with van der Waals surface area (Å²) in [6, 6.07) is 10.0. The van der Waals surface area contributed by atoms with Crippen molar-refractivity contribution in [1.82, 2.24) is 4.90 Å². The number of carbonyl (C=O) groups is 2. The van der Waals surface area contributed by atoms with Crippen LogP contribution in [0.15, 0.2) is 41.8 Å². The molecule has 1 aromatic heterocycles. The molecule has 1 aliphatic heterocycles. The average Bonchev–Trinajstić information content (AvgIpc) is 2.96. The van der Waals surface area contributed by atoms with E-state index in [9.17, 15) is 14.7 Å². The maximum absolute atomic E-state index is 12.4. The van der Waals surface area contributed by atoms with Crippen molar-refractivity contribution in [2.75, 3.05) is 7.05 Å². The number of hydrogen-bond acceptors (Lipinski definition) is 4. The lowest BCUT2D eigenvalue weighted by atomic mass is 9.82. The molecule has 2 atom stereocenters. The van der Waals surface area contributed by atoms with Crippen LogP contribution >= 0.6 is 11.3 Å². The number of carboxylic acid groups (broad SMARTS) is 1. The molecule has 1 aliphatic rings. The van der Waals surface area contributed by atoms with Crippen molar-refractivity contribution < 1.29 is 14.7 Å². The van der Waals surface area contributed by atoms with Gasteiger partial charge in [0.1, 0.15) is 0 Å². The van der Waals surface area contributed by atoms with E-state index in [1.807, 2.05) is 17.5 Å². The van der Waals surface area contributed by atoms with Gasteiger partial charge in [-0.2, -0.15) is 0 Å². The molecule has 0 radical (unpaired) electrons. The first kappa shape index (κ1) is 12.9. The third-order valence-corrected chi connectivity index (χ3v) is 4.61. The molecule has 5 heteroatoms. The van der Waals surface area contributed by atoms with E-state index in [4.69, 9.17) is 0 Å². The number of carbonyl (C=O) groups excluding carboxylic acids is 2. The molecule has 1 aromatic carbocycles. The fourth-order valence-corrected chi connectivity index (χ4v) is 3.65. The van der Waals surface area contributed by atoms with Crippen LogP contribution in [0.5, 0.6) is 0 Å². The minimum Gasteiger partial charge on any atom is -0.549 e. The molecule has 0 fully saturated rings. The number of thiophene rings is 1. The molecule has 3 rings (SSSR count). The molecule has 0 N–H and O–H groups in total. The van der Waals surface area contributed by atoms with Crippen LogP contribution in [0.2, 0.25) is 0 Å². The summed E-state index contributed by atoms with van der Waals surface area (Å²) in [5.41, 5.74) is 0.978. The quantitative estimate of drug-likeness (QED) is 0.838. The minimum atomic E-state index is -1.16. The van der Waals surface area contributed by atoms with E-state index in [0.717, 1.165) is 4.88 Å². The van der Waals surface area contributed by atoms with E-state index >= 15 is 0 Å². The zero-order chi connectivity index (χ0) is 14.3. The third kappa shape index (κ3) is 1.82. The van der Waals surface area contributed by atoms with E-state index in [1.54, 1.807) is 31.3 Å². The highest BCUT2D eigenvalue weighted by Gasteiger charge is 2.39. The topological polar surface area (TPSA) is 60.4 Å². The molecule has 2 unspecified atom stereocenters. The lowest BCUT2D eigenvalue weighted by Crippen LogP contribution is -2.46. The van der Waals surface area contributed by atoms with Gasteiger partial charge in [-0.05, 0) is 23.1 Å². The van der Waals surface area contributed by atoms with Crippen molar-refractivity contribution in [3.05, 3.63) is 57.8 Å². The van der Waals surface area contributed by atoms with Crippen LogP contribution in [0, 0.1) is 0 Å². The predicted octanol–water partition coefficient (Wildman–Crippen LogP) is 1.41. The largest absolute Gasteiger partial charge is 0.549 e. The Kier molecular flexibility index (Phi) is 3.06. The number of nitrogens with zero attached hydrogens (tertiary/aromatic N) is 1. The maximum Gasteiger partial charge on any atom is 0.254 e. The van der Waals surface area contributed by atoms with Crippen LogP contribution in [0.1, 0.15) is 32.8 Å².